The molecule has 0 aliphatic carbocycles. The zero-order chi connectivity index (χ0) is 16.5. The van der Waals surface area contributed by atoms with E-state index in [4.69, 9.17) is 0 Å². The van der Waals surface area contributed by atoms with Gasteiger partial charge in [0.05, 0.1) is 24.4 Å². The average Bonchev–Trinajstić information content (AvgIpc) is 2.84. The molecule has 9 heteroatoms. The molecule has 0 bridgehead atoms. The predicted octanol–water partition coefficient (Wildman–Crippen LogP) is -1.49. The fourth-order valence-electron chi connectivity index (χ4n) is 3.46. The summed E-state index contributed by atoms with van der Waals surface area (Å²) in [6.07, 6.45) is 1.97. The maximum atomic E-state index is 12.0. The highest BCUT2D eigenvalue weighted by Crippen LogP contribution is 2.40. The van der Waals surface area contributed by atoms with Crippen LogP contribution in [0.4, 0.5) is 0 Å². The van der Waals surface area contributed by atoms with E-state index in [0.29, 0.717) is 32.4 Å². The van der Waals surface area contributed by atoms with Gasteiger partial charge in [0.15, 0.2) is 0 Å². The molecule has 0 unspecified atom stereocenters. The third-order valence-corrected chi connectivity index (χ3v) is 5.88. The largest absolute Gasteiger partial charge is 0.389 e. The summed E-state index contributed by atoms with van der Waals surface area (Å²) in [6, 6.07) is 0. The maximum Gasteiger partial charge on any atom is 0.242 e. The first-order chi connectivity index (χ1) is 10.2. The number of hydrogen-bond acceptors (Lipinski definition) is 5. The highest BCUT2D eigenvalue weighted by atomic mass is 32.2. The number of rotatable bonds is 3. The lowest BCUT2D eigenvalue weighted by Gasteiger charge is -2.47. The number of sulfonamides is 1. The molecule has 2 aliphatic rings. The van der Waals surface area contributed by atoms with Crippen LogP contribution in [-0.2, 0) is 19.6 Å². The molecule has 0 aromatic carbocycles. The van der Waals surface area contributed by atoms with E-state index in [1.54, 1.807) is 0 Å². The van der Waals surface area contributed by atoms with Crippen LogP contribution in [0.15, 0.2) is 0 Å². The Kier molecular flexibility index (Phi) is 4.78. The van der Waals surface area contributed by atoms with Gasteiger partial charge in [0.25, 0.3) is 0 Å². The smallest absolute Gasteiger partial charge is 0.242 e. The molecule has 126 valence electrons. The lowest BCUT2D eigenvalue weighted by atomic mass is 9.83. The van der Waals surface area contributed by atoms with E-state index in [1.165, 1.54) is 16.1 Å². The van der Waals surface area contributed by atoms with Crippen LogP contribution >= 0.6 is 0 Å². The first kappa shape index (κ1) is 17.2. The molecule has 0 aromatic rings. The zero-order valence-electron chi connectivity index (χ0n) is 12.9. The Morgan fingerprint density at radius 3 is 2.55 bits per heavy atom. The van der Waals surface area contributed by atoms with Crippen molar-refractivity contribution in [2.24, 2.45) is 0 Å². The first-order valence-electron chi connectivity index (χ1n) is 7.35. The van der Waals surface area contributed by atoms with Crippen molar-refractivity contribution in [2.45, 2.75) is 37.8 Å². The van der Waals surface area contributed by atoms with Crippen molar-refractivity contribution in [3.63, 3.8) is 0 Å². The molecular formula is C13H23N3O5S. The Labute approximate surface area is 130 Å². The van der Waals surface area contributed by atoms with Crippen molar-refractivity contribution in [1.82, 2.24) is 14.5 Å². The van der Waals surface area contributed by atoms with Crippen LogP contribution in [0.2, 0.25) is 0 Å². The second-order valence-electron chi connectivity index (χ2n) is 6.06. The number of amides is 2. The number of carbonyl (C=O) groups excluding carboxylic acids is 2. The molecule has 2 aliphatic heterocycles. The number of hydrogen-bond donors (Lipinski definition) is 2. The summed E-state index contributed by atoms with van der Waals surface area (Å²) in [7, 11) is -3.39. The van der Waals surface area contributed by atoms with Crippen molar-refractivity contribution in [2.75, 3.05) is 32.4 Å². The van der Waals surface area contributed by atoms with Crippen LogP contribution in [-0.4, -0.2) is 78.6 Å². The number of piperidine rings is 1. The topological polar surface area (TPSA) is 107 Å². The SMILES string of the molecule is CC(=O)NCC(=O)N1CC[C@@]2(CCCN2S(C)(=O)=O)[C@@H](O)C1. The zero-order valence-corrected chi connectivity index (χ0v) is 13.7. The number of nitrogens with one attached hydrogen (secondary N) is 1. The summed E-state index contributed by atoms with van der Waals surface area (Å²) in [5.74, 6) is -0.561. The summed E-state index contributed by atoms with van der Waals surface area (Å²) in [6.45, 7) is 2.10. The Morgan fingerprint density at radius 1 is 1.32 bits per heavy atom. The van der Waals surface area contributed by atoms with E-state index in [-0.39, 0.29) is 24.9 Å². The Balaban J connectivity index is 2.06. The minimum atomic E-state index is -3.39. The second kappa shape index (κ2) is 6.13. The second-order valence-corrected chi connectivity index (χ2v) is 7.96. The van der Waals surface area contributed by atoms with Crippen LogP contribution in [0.25, 0.3) is 0 Å². The van der Waals surface area contributed by atoms with Gasteiger partial charge in [-0.2, -0.15) is 4.31 Å². The molecule has 2 atom stereocenters. The predicted molar refractivity (Wildman–Crippen MR) is 79.4 cm³/mol. The Morgan fingerprint density at radius 2 is 2.00 bits per heavy atom. The van der Waals surface area contributed by atoms with Gasteiger partial charge in [0.1, 0.15) is 0 Å². The average molecular weight is 333 g/mol. The summed E-state index contributed by atoms with van der Waals surface area (Å²) < 4.78 is 25.3. The molecule has 0 saturated carbocycles. The summed E-state index contributed by atoms with van der Waals surface area (Å²) in [5.41, 5.74) is -0.793. The fraction of sp³-hybridized carbons (Fsp3) is 0.846. The minimum Gasteiger partial charge on any atom is -0.389 e. The summed E-state index contributed by atoms with van der Waals surface area (Å²) in [5, 5.41) is 12.9. The number of aliphatic hydroxyl groups excluding tert-OH is 1. The van der Waals surface area contributed by atoms with Crippen LogP contribution in [0.1, 0.15) is 26.2 Å². The number of carbonyl (C=O) groups is 2. The van der Waals surface area contributed by atoms with E-state index in [9.17, 15) is 23.1 Å². The molecule has 2 N–H and O–H groups in total. The van der Waals surface area contributed by atoms with Gasteiger partial charge in [-0.1, -0.05) is 0 Å². The van der Waals surface area contributed by atoms with Crippen molar-refractivity contribution < 1.29 is 23.1 Å². The van der Waals surface area contributed by atoms with Gasteiger partial charge in [-0.3, -0.25) is 9.59 Å². The fourth-order valence-corrected chi connectivity index (χ4v) is 4.88. The quantitative estimate of drug-likeness (QED) is 0.654. The van der Waals surface area contributed by atoms with Crippen molar-refractivity contribution in [1.29, 1.82) is 0 Å². The molecule has 0 radical (unpaired) electrons. The third kappa shape index (κ3) is 3.26. The Bertz CT molecular complexity index is 564. The highest BCUT2D eigenvalue weighted by molar-refractivity contribution is 7.88. The van der Waals surface area contributed by atoms with Crippen LogP contribution < -0.4 is 5.32 Å². The first-order valence-corrected chi connectivity index (χ1v) is 9.20. The lowest BCUT2D eigenvalue weighted by Crippen LogP contribution is -2.63. The summed E-state index contributed by atoms with van der Waals surface area (Å²) >= 11 is 0. The van der Waals surface area contributed by atoms with E-state index in [2.05, 4.69) is 5.32 Å². The van der Waals surface area contributed by atoms with E-state index < -0.39 is 21.7 Å². The molecule has 1 spiro atoms. The molecule has 0 aromatic heterocycles. The van der Waals surface area contributed by atoms with Gasteiger partial charge in [0.2, 0.25) is 21.8 Å². The normalized spacial score (nSPS) is 29.8. The van der Waals surface area contributed by atoms with Crippen molar-refractivity contribution >= 4 is 21.8 Å². The minimum absolute atomic E-state index is 0.0877. The molecule has 2 heterocycles. The van der Waals surface area contributed by atoms with E-state index in [1.807, 2.05) is 0 Å². The molecule has 22 heavy (non-hydrogen) atoms. The number of likely N-dealkylation sites (tertiary alicyclic amines) is 1. The number of aliphatic hydroxyl groups is 1. The van der Waals surface area contributed by atoms with Gasteiger partial charge < -0.3 is 15.3 Å². The van der Waals surface area contributed by atoms with Crippen LogP contribution in [0.3, 0.4) is 0 Å². The number of nitrogens with zero attached hydrogens (tertiary/aromatic N) is 2. The van der Waals surface area contributed by atoms with Gasteiger partial charge in [-0.25, -0.2) is 8.42 Å². The van der Waals surface area contributed by atoms with Gasteiger partial charge in [-0.05, 0) is 19.3 Å². The van der Waals surface area contributed by atoms with Crippen molar-refractivity contribution in [3.05, 3.63) is 0 Å². The molecule has 8 nitrogen and oxygen atoms in total. The van der Waals surface area contributed by atoms with Gasteiger partial charge in [0, 0.05) is 26.6 Å². The Hall–Kier alpha value is -1.19. The van der Waals surface area contributed by atoms with E-state index in [0.717, 1.165) is 6.26 Å². The molecule has 2 fully saturated rings. The molecule has 2 rings (SSSR count). The van der Waals surface area contributed by atoms with Gasteiger partial charge >= 0.3 is 0 Å². The standard InChI is InChI=1S/C13H23N3O5S/c1-10(17)14-8-12(19)15-7-5-13(11(18)9-15)4-3-6-16(13)22(2,20)21/h11,18H,3-9H2,1-2H3,(H,14,17)/t11-,13-/m0/s1. The molecular weight excluding hydrogens is 310 g/mol. The summed E-state index contributed by atoms with van der Waals surface area (Å²) in [4.78, 5) is 24.3. The third-order valence-electron chi connectivity index (χ3n) is 4.54. The highest BCUT2D eigenvalue weighted by Gasteiger charge is 2.53. The van der Waals surface area contributed by atoms with Crippen LogP contribution in [0.5, 0.6) is 0 Å². The van der Waals surface area contributed by atoms with Crippen molar-refractivity contribution in [3.8, 4) is 0 Å². The van der Waals surface area contributed by atoms with Crippen LogP contribution in [0, 0.1) is 0 Å². The lowest BCUT2D eigenvalue weighted by molar-refractivity contribution is -0.138. The number of β-amino-alcohol motifs (C(OH)–C–C–N with tert-alkyl or cyclic N) is 1. The molecule has 2 saturated heterocycles. The molecule has 2 amide bonds. The monoisotopic (exact) mass is 333 g/mol. The van der Waals surface area contributed by atoms with E-state index >= 15 is 0 Å². The van der Waals surface area contributed by atoms with Gasteiger partial charge in [-0.15, -0.1) is 0 Å². The maximum absolute atomic E-state index is 12.0.